The lowest BCUT2D eigenvalue weighted by atomic mass is 10.1. The first-order valence-electron chi connectivity index (χ1n) is 5.29. The summed E-state index contributed by atoms with van der Waals surface area (Å²) in [6, 6.07) is 11.7. The summed E-state index contributed by atoms with van der Waals surface area (Å²) < 4.78 is 2.90. The molecule has 2 aromatic carbocycles. The lowest BCUT2D eigenvalue weighted by Gasteiger charge is -2.13. The highest BCUT2D eigenvalue weighted by atomic mass is 79.9. The number of benzene rings is 2. The minimum absolute atomic E-state index is 0.356. The zero-order chi connectivity index (χ0) is 14.0. The lowest BCUT2D eigenvalue weighted by Crippen LogP contribution is -2.12. The number of nitrogens with one attached hydrogen (secondary N) is 1. The number of nitrogens with two attached hydrogens (primary N) is 1. The second kappa shape index (κ2) is 6.35. The van der Waals surface area contributed by atoms with Crippen LogP contribution in [0.1, 0.15) is 5.56 Å². The number of halogens is 3. The van der Waals surface area contributed by atoms with Gasteiger partial charge in [-0.05, 0) is 52.3 Å². The summed E-state index contributed by atoms with van der Waals surface area (Å²) in [6.45, 7) is 0. The summed E-state index contributed by atoms with van der Waals surface area (Å²) in [5.74, 6) is 0. The number of thiocarbonyl (C=S) groups is 1. The molecule has 0 spiro atoms. The van der Waals surface area contributed by atoms with Gasteiger partial charge in [0.25, 0.3) is 0 Å². The van der Waals surface area contributed by atoms with Crippen molar-refractivity contribution in [1.82, 2.24) is 0 Å². The minimum Gasteiger partial charge on any atom is -0.389 e. The average molecular weight is 465 g/mol. The van der Waals surface area contributed by atoms with Gasteiger partial charge in [-0.2, -0.15) is 0 Å². The van der Waals surface area contributed by atoms with E-state index in [4.69, 9.17) is 18.0 Å². The highest BCUT2D eigenvalue weighted by Crippen LogP contribution is 2.31. The Bertz CT molecular complexity index is 644. The molecule has 0 radical (unpaired) electrons. The topological polar surface area (TPSA) is 38.0 Å². The molecule has 2 rings (SSSR count). The van der Waals surface area contributed by atoms with Crippen LogP contribution >= 0.6 is 60.0 Å². The van der Waals surface area contributed by atoms with E-state index >= 15 is 0 Å². The molecule has 0 unspecified atom stereocenters. The first-order valence-corrected chi connectivity index (χ1v) is 8.07. The third-order valence-electron chi connectivity index (χ3n) is 2.44. The van der Waals surface area contributed by atoms with Crippen LogP contribution in [0.2, 0.25) is 0 Å². The maximum absolute atomic E-state index is 5.75. The minimum atomic E-state index is 0.356. The second-order valence-corrected chi connectivity index (χ2v) is 6.93. The summed E-state index contributed by atoms with van der Waals surface area (Å²) in [6.07, 6.45) is 0. The fourth-order valence-corrected chi connectivity index (χ4v) is 2.80. The van der Waals surface area contributed by atoms with Crippen molar-refractivity contribution in [1.29, 1.82) is 0 Å². The molecule has 0 aliphatic heterocycles. The fraction of sp³-hybridized carbons (Fsp3) is 0. The van der Waals surface area contributed by atoms with Gasteiger partial charge >= 0.3 is 0 Å². The van der Waals surface area contributed by atoms with Gasteiger partial charge in [0, 0.05) is 24.7 Å². The Morgan fingerprint density at radius 1 is 0.947 bits per heavy atom. The van der Waals surface area contributed by atoms with Crippen molar-refractivity contribution in [2.45, 2.75) is 0 Å². The monoisotopic (exact) mass is 462 g/mol. The van der Waals surface area contributed by atoms with Crippen LogP contribution in [-0.4, -0.2) is 4.99 Å². The van der Waals surface area contributed by atoms with Gasteiger partial charge in [0.1, 0.15) is 4.99 Å². The molecule has 0 aliphatic carbocycles. The predicted octanol–water partition coefficient (Wildman–Crippen LogP) is 5.35. The standard InChI is InChI=1S/C13H9Br3N2S/c14-7-2-4-11(9(5-7)13(17)19)18-12-6-8(15)1-3-10(12)16/h1-6,18H,(H2,17,19). The van der Waals surface area contributed by atoms with Crippen LogP contribution in [0.15, 0.2) is 49.8 Å². The van der Waals surface area contributed by atoms with Crippen LogP contribution in [0.4, 0.5) is 11.4 Å². The van der Waals surface area contributed by atoms with E-state index in [-0.39, 0.29) is 0 Å². The molecule has 0 amide bonds. The fourth-order valence-electron chi connectivity index (χ4n) is 1.57. The lowest BCUT2D eigenvalue weighted by molar-refractivity contribution is 1.48. The van der Waals surface area contributed by atoms with Crippen molar-refractivity contribution >= 4 is 76.4 Å². The molecule has 0 aromatic heterocycles. The Kier molecular flexibility index (Phi) is 5.00. The van der Waals surface area contributed by atoms with Crippen LogP contribution in [-0.2, 0) is 0 Å². The molecular weight excluding hydrogens is 456 g/mol. The Labute approximate surface area is 142 Å². The zero-order valence-electron chi connectivity index (χ0n) is 9.58. The van der Waals surface area contributed by atoms with E-state index in [1.54, 1.807) is 0 Å². The van der Waals surface area contributed by atoms with Crippen molar-refractivity contribution < 1.29 is 0 Å². The molecule has 98 valence electrons. The van der Waals surface area contributed by atoms with E-state index in [9.17, 15) is 0 Å². The number of rotatable bonds is 3. The van der Waals surface area contributed by atoms with Gasteiger partial charge in [-0.3, -0.25) is 0 Å². The van der Waals surface area contributed by atoms with Crippen LogP contribution in [0, 0.1) is 0 Å². The van der Waals surface area contributed by atoms with Crippen LogP contribution in [0.3, 0.4) is 0 Å². The molecule has 0 saturated carbocycles. The van der Waals surface area contributed by atoms with E-state index in [1.165, 1.54) is 0 Å². The molecule has 2 aromatic rings. The van der Waals surface area contributed by atoms with E-state index in [0.717, 1.165) is 30.4 Å². The summed E-state index contributed by atoms with van der Waals surface area (Å²) in [5, 5.41) is 3.32. The number of hydrogen-bond acceptors (Lipinski definition) is 2. The highest BCUT2D eigenvalue weighted by Gasteiger charge is 2.08. The van der Waals surface area contributed by atoms with Crippen molar-refractivity contribution in [2.24, 2.45) is 5.73 Å². The van der Waals surface area contributed by atoms with E-state index in [2.05, 4.69) is 53.1 Å². The molecule has 6 heteroatoms. The van der Waals surface area contributed by atoms with Crippen LogP contribution in [0.25, 0.3) is 0 Å². The van der Waals surface area contributed by atoms with Gasteiger partial charge in [-0.15, -0.1) is 0 Å². The summed E-state index contributed by atoms with van der Waals surface area (Å²) in [4.78, 5) is 0.356. The van der Waals surface area contributed by atoms with E-state index in [1.807, 2.05) is 36.4 Å². The van der Waals surface area contributed by atoms with Gasteiger partial charge in [-0.25, -0.2) is 0 Å². The molecule has 2 nitrogen and oxygen atoms in total. The van der Waals surface area contributed by atoms with Gasteiger partial charge in [0.05, 0.1) is 5.69 Å². The maximum Gasteiger partial charge on any atom is 0.106 e. The molecule has 0 bridgehead atoms. The highest BCUT2D eigenvalue weighted by molar-refractivity contribution is 9.11. The molecule has 0 heterocycles. The molecule has 19 heavy (non-hydrogen) atoms. The first-order chi connectivity index (χ1) is 8.97. The maximum atomic E-state index is 5.75. The van der Waals surface area contributed by atoms with E-state index < -0.39 is 0 Å². The van der Waals surface area contributed by atoms with Gasteiger partial charge in [0.15, 0.2) is 0 Å². The summed E-state index contributed by atoms with van der Waals surface area (Å²) in [5.41, 5.74) is 8.37. The van der Waals surface area contributed by atoms with Gasteiger partial charge in [0.2, 0.25) is 0 Å². The zero-order valence-corrected chi connectivity index (χ0v) is 15.2. The molecule has 0 fully saturated rings. The smallest absolute Gasteiger partial charge is 0.106 e. The Morgan fingerprint density at radius 3 is 2.26 bits per heavy atom. The van der Waals surface area contributed by atoms with Crippen LogP contribution in [0.5, 0.6) is 0 Å². The van der Waals surface area contributed by atoms with Gasteiger partial charge < -0.3 is 11.1 Å². The second-order valence-electron chi connectivity index (χ2n) is 3.80. The molecular formula is C13H9Br3N2S. The first kappa shape index (κ1) is 15.0. The normalized spacial score (nSPS) is 10.3. The van der Waals surface area contributed by atoms with Crippen molar-refractivity contribution in [3.8, 4) is 0 Å². The average Bonchev–Trinajstić information content (AvgIpc) is 2.35. The van der Waals surface area contributed by atoms with Crippen molar-refractivity contribution in [2.75, 3.05) is 5.32 Å². The third-order valence-corrected chi connectivity index (χ3v) is 4.34. The molecule has 3 N–H and O–H groups in total. The summed E-state index contributed by atoms with van der Waals surface area (Å²) in [7, 11) is 0. The molecule has 0 atom stereocenters. The third kappa shape index (κ3) is 3.78. The predicted molar refractivity (Wildman–Crippen MR) is 95.2 cm³/mol. The number of anilines is 2. The van der Waals surface area contributed by atoms with Crippen molar-refractivity contribution in [3.05, 3.63) is 55.4 Å². The van der Waals surface area contributed by atoms with Crippen LogP contribution < -0.4 is 11.1 Å². The molecule has 0 saturated heterocycles. The number of hydrogen-bond donors (Lipinski definition) is 2. The molecule has 0 aliphatic rings. The van der Waals surface area contributed by atoms with E-state index in [0.29, 0.717) is 4.99 Å². The Balaban J connectivity index is 2.43. The largest absolute Gasteiger partial charge is 0.389 e. The Hall–Kier alpha value is -0.430. The van der Waals surface area contributed by atoms with Gasteiger partial charge in [-0.1, -0.05) is 44.1 Å². The quantitative estimate of drug-likeness (QED) is 0.601. The van der Waals surface area contributed by atoms with Crippen molar-refractivity contribution in [3.63, 3.8) is 0 Å². The summed E-state index contributed by atoms with van der Waals surface area (Å²) >= 11 is 15.5. The Morgan fingerprint density at radius 2 is 1.58 bits per heavy atom. The SMILES string of the molecule is NC(=S)c1cc(Br)ccc1Nc1cc(Br)ccc1Br.